The average Bonchev–Trinajstić information content (AvgIpc) is 2.37. The minimum atomic E-state index is 0.299. The van der Waals surface area contributed by atoms with E-state index >= 15 is 0 Å². The summed E-state index contributed by atoms with van der Waals surface area (Å²) in [6.07, 6.45) is 4.61. The van der Waals surface area contributed by atoms with E-state index in [4.69, 9.17) is 15.2 Å². The summed E-state index contributed by atoms with van der Waals surface area (Å²) in [5.74, 6) is 0. The minimum Gasteiger partial charge on any atom is -0.385 e. The molecule has 0 radical (unpaired) electrons. The third-order valence-corrected chi connectivity index (χ3v) is 4.26. The van der Waals surface area contributed by atoms with Gasteiger partial charge in [-0.3, -0.25) is 4.90 Å². The van der Waals surface area contributed by atoms with Gasteiger partial charge in [0.15, 0.2) is 0 Å². The van der Waals surface area contributed by atoms with Crippen LogP contribution in [-0.4, -0.2) is 57.5 Å². The Hall–Kier alpha value is -0.160. The molecular formula is C15H32N2O2. The highest BCUT2D eigenvalue weighted by Crippen LogP contribution is 2.36. The van der Waals surface area contributed by atoms with E-state index < -0.39 is 0 Å². The number of hydrogen-bond acceptors (Lipinski definition) is 4. The van der Waals surface area contributed by atoms with Crippen LogP contribution in [0.1, 0.15) is 39.5 Å². The highest BCUT2D eigenvalue weighted by atomic mass is 16.5. The molecule has 0 amide bonds. The van der Waals surface area contributed by atoms with Crippen LogP contribution in [0.2, 0.25) is 0 Å². The number of nitrogens with two attached hydrogens (primary N) is 1. The summed E-state index contributed by atoms with van der Waals surface area (Å²) in [6.45, 7) is 8.32. The lowest BCUT2D eigenvalue weighted by Crippen LogP contribution is -2.54. The van der Waals surface area contributed by atoms with Crippen molar-refractivity contribution in [1.29, 1.82) is 0 Å². The van der Waals surface area contributed by atoms with Gasteiger partial charge in [0.2, 0.25) is 0 Å². The first-order valence-corrected chi connectivity index (χ1v) is 7.47. The van der Waals surface area contributed by atoms with Gasteiger partial charge in [-0.1, -0.05) is 13.8 Å². The molecule has 0 aliphatic heterocycles. The normalized spacial score (nSPS) is 26.8. The molecule has 4 nitrogen and oxygen atoms in total. The Balaban J connectivity index is 2.59. The van der Waals surface area contributed by atoms with Crippen molar-refractivity contribution in [1.82, 2.24) is 4.90 Å². The van der Waals surface area contributed by atoms with Crippen molar-refractivity contribution < 1.29 is 9.47 Å². The predicted octanol–water partition coefficient (Wildman–Crippen LogP) is 1.88. The van der Waals surface area contributed by atoms with E-state index in [2.05, 4.69) is 18.7 Å². The van der Waals surface area contributed by atoms with Gasteiger partial charge in [0, 0.05) is 46.0 Å². The molecule has 0 bridgehead atoms. The van der Waals surface area contributed by atoms with Crippen molar-refractivity contribution >= 4 is 0 Å². The molecule has 0 aromatic carbocycles. The SMILES string of the molecule is COCCCN(CCOC)C1CC(C)(C)CCC1N. The van der Waals surface area contributed by atoms with E-state index in [1.165, 1.54) is 12.8 Å². The van der Waals surface area contributed by atoms with Gasteiger partial charge in [-0.25, -0.2) is 0 Å². The van der Waals surface area contributed by atoms with Gasteiger partial charge < -0.3 is 15.2 Å². The van der Waals surface area contributed by atoms with Crippen molar-refractivity contribution in [3.8, 4) is 0 Å². The van der Waals surface area contributed by atoms with Gasteiger partial charge in [-0.05, 0) is 31.1 Å². The molecule has 1 saturated carbocycles. The van der Waals surface area contributed by atoms with Crippen molar-refractivity contribution in [2.45, 2.75) is 51.6 Å². The number of nitrogens with zero attached hydrogens (tertiary/aromatic N) is 1. The molecular weight excluding hydrogens is 240 g/mol. The molecule has 1 fully saturated rings. The lowest BCUT2D eigenvalue weighted by molar-refractivity contribution is 0.0495. The molecule has 114 valence electrons. The fourth-order valence-corrected chi connectivity index (χ4v) is 3.03. The van der Waals surface area contributed by atoms with Gasteiger partial charge in [0.25, 0.3) is 0 Å². The fourth-order valence-electron chi connectivity index (χ4n) is 3.03. The zero-order valence-electron chi connectivity index (χ0n) is 13.2. The molecule has 19 heavy (non-hydrogen) atoms. The van der Waals surface area contributed by atoms with Crippen LogP contribution in [0.3, 0.4) is 0 Å². The van der Waals surface area contributed by atoms with Crippen molar-refractivity contribution in [2.75, 3.05) is 40.5 Å². The monoisotopic (exact) mass is 272 g/mol. The molecule has 2 atom stereocenters. The van der Waals surface area contributed by atoms with Gasteiger partial charge in [-0.2, -0.15) is 0 Å². The van der Waals surface area contributed by atoms with E-state index in [-0.39, 0.29) is 0 Å². The Morgan fingerprint density at radius 1 is 1.16 bits per heavy atom. The third kappa shape index (κ3) is 5.78. The van der Waals surface area contributed by atoms with E-state index in [1.54, 1.807) is 14.2 Å². The maximum Gasteiger partial charge on any atom is 0.0589 e. The highest BCUT2D eigenvalue weighted by Gasteiger charge is 2.35. The van der Waals surface area contributed by atoms with Crippen molar-refractivity contribution in [3.63, 3.8) is 0 Å². The molecule has 1 aliphatic rings. The summed E-state index contributed by atoms with van der Waals surface area (Å²) in [5.41, 5.74) is 6.77. The van der Waals surface area contributed by atoms with Gasteiger partial charge in [-0.15, -0.1) is 0 Å². The highest BCUT2D eigenvalue weighted by molar-refractivity contribution is 4.92. The van der Waals surface area contributed by atoms with Crippen LogP contribution in [0.4, 0.5) is 0 Å². The summed E-state index contributed by atoms with van der Waals surface area (Å²) in [7, 11) is 3.52. The summed E-state index contributed by atoms with van der Waals surface area (Å²) in [6, 6.07) is 0.781. The Morgan fingerprint density at radius 2 is 1.84 bits per heavy atom. The number of rotatable bonds is 8. The van der Waals surface area contributed by atoms with E-state index in [9.17, 15) is 0 Å². The Kier molecular flexibility index (Phi) is 7.29. The van der Waals surface area contributed by atoms with Crippen LogP contribution in [0.25, 0.3) is 0 Å². The van der Waals surface area contributed by atoms with E-state index in [0.29, 0.717) is 17.5 Å². The van der Waals surface area contributed by atoms with Gasteiger partial charge >= 0.3 is 0 Å². The minimum absolute atomic E-state index is 0.299. The summed E-state index contributed by atoms with van der Waals surface area (Å²) >= 11 is 0. The largest absolute Gasteiger partial charge is 0.385 e. The molecule has 1 rings (SSSR count). The van der Waals surface area contributed by atoms with Crippen LogP contribution in [0, 0.1) is 5.41 Å². The smallest absolute Gasteiger partial charge is 0.0589 e. The standard InChI is InChI=1S/C15H32N2O2/c1-15(2)7-6-13(16)14(12-15)17(9-11-19-4)8-5-10-18-3/h13-14H,5-12,16H2,1-4H3. The van der Waals surface area contributed by atoms with Crippen molar-refractivity contribution in [3.05, 3.63) is 0 Å². The molecule has 1 aliphatic carbocycles. The fraction of sp³-hybridized carbons (Fsp3) is 1.00. The first-order valence-electron chi connectivity index (χ1n) is 7.47. The maximum atomic E-state index is 6.36. The Labute approximate surface area is 118 Å². The molecule has 0 spiro atoms. The van der Waals surface area contributed by atoms with Gasteiger partial charge in [0.05, 0.1) is 6.61 Å². The lowest BCUT2D eigenvalue weighted by atomic mass is 9.72. The zero-order chi connectivity index (χ0) is 14.3. The first-order chi connectivity index (χ1) is 9.00. The van der Waals surface area contributed by atoms with Gasteiger partial charge in [0.1, 0.15) is 0 Å². The molecule has 4 heteroatoms. The van der Waals surface area contributed by atoms with Crippen LogP contribution in [-0.2, 0) is 9.47 Å². The topological polar surface area (TPSA) is 47.7 Å². The number of methoxy groups -OCH3 is 2. The molecule has 0 heterocycles. The second-order valence-electron chi connectivity index (χ2n) is 6.51. The van der Waals surface area contributed by atoms with E-state index in [1.807, 2.05) is 0 Å². The number of hydrogen-bond donors (Lipinski definition) is 1. The second kappa shape index (κ2) is 8.20. The summed E-state index contributed by atoms with van der Waals surface area (Å²) < 4.78 is 10.4. The molecule has 0 saturated heterocycles. The summed E-state index contributed by atoms with van der Waals surface area (Å²) in [4.78, 5) is 2.51. The Bertz CT molecular complexity index is 246. The molecule has 0 aromatic rings. The zero-order valence-corrected chi connectivity index (χ0v) is 13.2. The van der Waals surface area contributed by atoms with Crippen LogP contribution in [0.5, 0.6) is 0 Å². The number of ether oxygens (including phenoxy) is 2. The lowest BCUT2D eigenvalue weighted by Gasteiger charge is -2.44. The molecule has 0 aromatic heterocycles. The van der Waals surface area contributed by atoms with Crippen LogP contribution >= 0.6 is 0 Å². The van der Waals surface area contributed by atoms with E-state index in [0.717, 1.165) is 39.1 Å². The molecule has 2 unspecified atom stereocenters. The van der Waals surface area contributed by atoms with Crippen LogP contribution < -0.4 is 5.73 Å². The average molecular weight is 272 g/mol. The maximum absolute atomic E-state index is 6.36. The second-order valence-corrected chi connectivity index (χ2v) is 6.51. The Morgan fingerprint density at radius 3 is 2.47 bits per heavy atom. The first kappa shape index (κ1) is 16.9. The predicted molar refractivity (Wildman–Crippen MR) is 79.3 cm³/mol. The molecule has 2 N–H and O–H groups in total. The van der Waals surface area contributed by atoms with Crippen LogP contribution in [0.15, 0.2) is 0 Å². The van der Waals surface area contributed by atoms with Crippen molar-refractivity contribution in [2.24, 2.45) is 11.1 Å². The quantitative estimate of drug-likeness (QED) is 0.685. The summed E-state index contributed by atoms with van der Waals surface area (Å²) in [5, 5.41) is 0. The third-order valence-electron chi connectivity index (χ3n) is 4.26.